The topological polar surface area (TPSA) is 29.5 Å². The Morgan fingerprint density at radius 2 is 0.867 bits per heavy atom. The van der Waals surface area contributed by atoms with Gasteiger partial charge in [-0.3, -0.25) is 0 Å². The van der Waals surface area contributed by atoms with Gasteiger partial charge in [-0.2, -0.15) is 0 Å². The van der Waals surface area contributed by atoms with Crippen LogP contribution in [-0.4, -0.2) is 0 Å². The van der Waals surface area contributed by atoms with Crippen LogP contribution in [0.5, 0.6) is 0 Å². The van der Waals surface area contributed by atoms with Crippen LogP contribution >= 0.6 is 0 Å². The van der Waals surface area contributed by atoms with E-state index in [2.05, 4.69) is 249 Å². The minimum absolute atomic E-state index is 0.242. The van der Waals surface area contributed by atoms with Crippen LogP contribution in [0.15, 0.2) is 191 Å². The van der Waals surface area contributed by atoms with Gasteiger partial charge in [0.15, 0.2) is 0 Å². The number of benzene rings is 10. The summed E-state index contributed by atoms with van der Waals surface area (Å²) in [5, 5.41) is 4.73. The normalized spacial score (nSPS) is 15.1. The third-order valence-electron chi connectivity index (χ3n) is 17.8. The first kappa shape index (κ1) is 44.1. The highest BCUT2D eigenvalue weighted by atomic mass is 16.3. The number of rotatable bonds is 5. The van der Waals surface area contributed by atoms with Gasteiger partial charge in [0.05, 0.1) is 5.69 Å². The lowest BCUT2D eigenvalue weighted by atomic mass is 9.72. The van der Waals surface area contributed by atoms with Crippen molar-refractivity contribution in [3.63, 3.8) is 0 Å². The lowest BCUT2D eigenvalue weighted by molar-refractivity contribution is 0.600. The fourth-order valence-corrected chi connectivity index (χ4v) is 14.6. The molecule has 0 aliphatic heterocycles. The average molecular weight is 968 g/mol. The van der Waals surface area contributed by atoms with E-state index in [9.17, 15) is 0 Å². The first-order valence-electron chi connectivity index (χ1n) is 26.7. The Labute approximate surface area is 438 Å². The Bertz CT molecular complexity index is 4450. The van der Waals surface area contributed by atoms with Gasteiger partial charge in [-0.05, 0) is 153 Å². The second kappa shape index (κ2) is 15.1. The summed E-state index contributed by atoms with van der Waals surface area (Å²) in [5.74, 6) is 0. The zero-order valence-corrected chi connectivity index (χ0v) is 44.1. The Balaban J connectivity index is 0.975. The summed E-state index contributed by atoms with van der Waals surface area (Å²) < 4.78 is 14.0. The van der Waals surface area contributed by atoms with Crippen LogP contribution in [0.2, 0.25) is 0 Å². The maximum Gasteiger partial charge on any atom is 0.144 e. The third-order valence-corrected chi connectivity index (χ3v) is 17.8. The van der Waals surface area contributed by atoms with E-state index in [0.29, 0.717) is 0 Å². The van der Waals surface area contributed by atoms with Crippen LogP contribution in [0.4, 0.5) is 17.1 Å². The molecule has 3 aliphatic rings. The zero-order chi connectivity index (χ0) is 51.0. The molecule has 12 aromatic rings. The summed E-state index contributed by atoms with van der Waals surface area (Å²) in [6.45, 7) is 21.3. The van der Waals surface area contributed by atoms with E-state index >= 15 is 0 Å². The molecule has 3 nitrogen and oxygen atoms in total. The van der Waals surface area contributed by atoms with Crippen molar-refractivity contribution in [2.45, 2.75) is 78.6 Å². The monoisotopic (exact) mass is 967 g/mol. The second-order valence-corrected chi connectivity index (χ2v) is 23.3. The lowest BCUT2D eigenvalue weighted by Crippen LogP contribution is -2.24. The van der Waals surface area contributed by atoms with Gasteiger partial charge in [-0.25, -0.2) is 0 Å². The first-order chi connectivity index (χ1) is 36.2. The van der Waals surface area contributed by atoms with E-state index in [1.807, 2.05) is 0 Å². The van der Waals surface area contributed by atoms with Crippen LogP contribution in [0.25, 0.3) is 99.5 Å². The van der Waals surface area contributed by atoms with Crippen molar-refractivity contribution in [1.29, 1.82) is 0 Å². The Hall–Kier alpha value is -8.40. The van der Waals surface area contributed by atoms with Gasteiger partial charge in [0, 0.05) is 65.9 Å². The molecule has 0 amide bonds. The molecular formula is C72H57NO2. The van der Waals surface area contributed by atoms with Gasteiger partial charge in [0.1, 0.15) is 22.3 Å². The molecule has 0 saturated heterocycles. The smallest absolute Gasteiger partial charge is 0.144 e. The van der Waals surface area contributed by atoms with Crippen molar-refractivity contribution in [1.82, 2.24) is 0 Å². The van der Waals surface area contributed by atoms with Gasteiger partial charge in [0.2, 0.25) is 0 Å². The maximum absolute atomic E-state index is 7.03. The Morgan fingerprint density at radius 1 is 0.360 bits per heavy atom. The molecule has 2 aromatic heterocycles. The molecule has 362 valence electrons. The highest BCUT2D eigenvalue weighted by Crippen LogP contribution is 2.64. The zero-order valence-electron chi connectivity index (χ0n) is 44.1. The molecular weight excluding hydrogens is 911 g/mol. The number of para-hydroxylation sites is 3. The largest absolute Gasteiger partial charge is 0.455 e. The summed E-state index contributed by atoms with van der Waals surface area (Å²) in [5.41, 5.74) is 30.5. The third kappa shape index (κ3) is 5.82. The van der Waals surface area contributed by atoms with E-state index < -0.39 is 0 Å². The molecule has 0 radical (unpaired) electrons. The van der Waals surface area contributed by atoms with Crippen molar-refractivity contribution < 1.29 is 8.83 Å². The molecule has 0 N–H and O–H groups in total. The molecule has 0 unspecified atom stereocenters. The van der Waals surface area contributed by atoms with E-state index in [0.717, 1.165) is 50.3 Å². The predicted molar refractivity (Wildman–Crippen MR) is 313 cm³/mol. The highest BCUT2D eigenvalue weighted by molar-refractivity contribution is 6.22. The number of aryl methyl sites for hydroxylation is 3. The molecule has 2 heterocycles. The number of anilines is 3. The molecule has 15 rings (SSSR count). The van der Waals surface area contributed by atoms with E-state index in [1.165, 1.54) is 116 Å². The summed E-state index contributed by atoms with van der Waals surface area (Å²) in [6, 6.07) is 67.7. The summed E-state index contributed by atoms with van der Waals surface area (Å²) in [7, 11) is 0. The fourth-order valence-electron chi connectivity index (χ4n) is 14.6. The molecule has 0 saturated carbocycles. The van der Waals surface area contributed by atoms with Crippen molar-refractivity contribution >= 4 is 60.9 Å². The predicted octanol–water partition coefficient (Wildman–Crippen LogP) is 20.1. The molecule has 0 fully saturated rings. The molecule has 3 aliphatic carbocycles. The maximum atomic E-state index is 7.03. The lowest BCUT2D eigenvalue weighted by Gasteiger charge is -2.32. The average Bonchev–Trinajstić information content (AvgIpc) is 4.37. The molecule has 3 heteroatoms. The van der Waals surface area contributed by atoms with Gasteiger partial charge in [-0.1, -0.05) is 181 Å². The number of nitrogens with zero attached hydrogens (tertiary/aromatic N) is 1. The fraction of sp³-hybridized carbons (Fsp3) is 0.167. The molecule has 10 aromatic carbocycles. The summed E-state index contributed by atoms with van der Waals surface area (Å²) >= 11 is 0. The second-order valence-electron chi connectivity index (χ2n) is 23.3. The van der Waals surface area contributed by atoms with E-state index in [1.54, 1.807) is 0 Å². The number of hydrogen-bond acceptors (Lipinski definition) is 3. The SMILES string of the molecule is Cc1cc(C)c(-c2cc3c(c4c2oc2ccccc24)-c2ccc(N(c4ccc5c(c4)C(C)(C)c4c6c(c7oc8ccccc8c7c4-5)-c4ccccc4C6(C)C)c4ccccc4-c4ccccc4)cc2C3(C)C)c(C)c1. The number of fused-ring (bicyclic) bond motifs is 19. The minimum Gasteiger partial charge on any atom is -0.455 e. The Morgan fingerprint density at radius 3 is 1.55 bits per heavy atom. The quantitative estimate of drug-likeness (QED) is 0.172. The summed E-state index contributed by atoms with van der Waals surface area (Å²) in [6.07, 6.45) is 0. The van der Waals surface area contributed by atoms with Crippen LogP contribution < -0.4 is 4.90 Å². The number of furan rings is 2. The standard InChI is InChI=1S/C72H57NO2/c1-40-35-41(2)60(42(3)36-40)52-39-56-61(63-50-25-15-19-29-58(50)74-68(52)63)48-33-31-44(37-54(48)70(56,4)5)73(57-28-18-14-23-46(57)43-21-11-10-12-22-43)45-32-34-49-55(38-45)72(8,9)66-62(49)64-51-26-16-20-30-59(51)75-69(64)65-47-24-13-17-27-53(47)71(6,7)67(65)66/h10-39H,1-9H3. The van der Waals surface area contributed by atoms with Crippen molar-refractivity contribution in [3.8, 4) is 55.6 Å². The van der Waals surface area contributed by atoms with Gasteiger partial charge >= 0.3 is 0 Å². The van der Waals surface area contributed by atoms with Crippen molar-refractivity contribution in [2.24, 2.45) is 0 Å². The minimum atomic E-state index is -0.354. The van der Waals surface area contributed by atoms with Crippen LogP contribution in [0.1, 0.15) is 91.6 Å². The number of hydrogen-bond donors (Lipinski definition) is 0. The van der Waals surface area contributed by atoms with Crippen LogP contribution in [0, 0.1) is 20.8 Å². The van der Waals surface area contributed by atoms with Gasteiger partial charge < -0.3 is 13.7 Å². The van der Waals surface area contributed by atoms with Crippen LogP contribution in [0.3, 0.4) is 0 Å². The molecule has 0 atom stereocenters. The van der Waals surface area contributed by atoms with Gasteiger partial charge in [-0.15, -0.1) is 0 Å². The Kier molecular flexibility index (Phi) is 8.89. The van der Waals surface area contributed by atoms with Gasteiger partial charge in [0.25, 0.3) is 0 Å². The molecule has 75 heavy (non-hydrogen) atoms. The highest BCUT2D eigenvalue weighted by Gasteiger charge is 2.49. The van der Waals surface area contributed by atoms with Crippen molar-refractivity contribution in [3.05, 3.63) is 232 Å². The molecule has 0 spiro atoms. The summed E-state index contributed by atoms with van der Waals surface area (Å²) in [4.78, 5) is 2.53. The van der Waals surface area contributed by atoms with E-state index in [4.69, 9.17) is 8.83 Å². The molecule has 0 bridgehead atoms. The van der Waals surface area contributed by atoms with E-state index in [-0.39, 0.29) is 16.2 Å². The van der Waals surface area contributed by atoms with Crippen LogP contribution in [-0.2, 0) is 16.2 Å². The first-order valence-corrected chi connectivity index (χ1v) is 26.7. The van der Waals surface area contributed by atoms with Crippen molar-refractivity contribution in [2.75, 3.05) is 4.90 Å².